The van der Waals surface area contributed by atoms with Crippen molar-refractivity contribution in [2.24, 2.45) is 10.7 Å². The molecular weight excluding hydrogens is 420 g/mol. The van der Waals surface area contributed by atoms with E-state index in [2.05, 4.69) is 4.99 Å². The van der Waals surface area contributed by atoms with Crippen molar-refractivity contribution >= 4 is 35.7 Å². The van der Waals surface area contributed by atoms with Crippen LogP contribution >= 0.6 is 0 Å². The first-order valence-corrected chi connectivity index (χ1v) is 8.31. The topological polar surface area (TPSA) is 234 Å². The molecule has 1 unspecified atom stereocenters. The van der Waals surface area contributed by atoms with Crippen molar-refractivity contribution in [1.82, 2.24) is 0 Å². The molecule has 13 heteroatoms. The molecule has 0 heterocycles. The van der Waals surface area contributed by atoms with Gasteiger partial charge in [-0.25, -0.2) is 14.4 Å². The average molecular weight is 442 g/mol. The molecule has 1 rings (SSSR count). The Morgan fingerprint density at radius 1 is 0.839 bits per heavy atom. The molecule has 0 saturated heterocycles. The predicted molar refractivity (Wildman–Crippen MR) is 104 cm³/mol. The van der Waals surface area contributed by atoms with Crippen LogP contribution in [0.1, 0.15) is 54.2 Å². The number of ether oxygens (including phenoxy) is 1. The Morgan fingerprint density at radius 3 is 1.42 bits per heavy atom. The molecule has 0 saturated carbocycles. The fourth-order valence-corrected chi connectivity index (χ4v) is 2.65. The summed E-state index contributed by atoms with van der Waals surface area (Å²) in [7, 11) is 2.61. The summed E-state index contributed by atoms with van der Waals surface area (Å²) in [6, 6.07) is -1.29. The van der Waals surface area contributed by atoms with Crippen LogP contribution in [-0.2, 0) is 14.3 Å². The molecule has 0 aliphatic rings. The van der Waals surface area contributed by atoms with Crippen LogP contribution in [0.25, 0.3) is 0 Å². The zero-order chi connectivity index (χ0) is 24.6. The Morgan fingerprint density at radius 2 is 1.19 bits per heavy atom. The first-order chi connectivity index (χ1) is 14.2. The molecular formula is C18H22N2O11. The van der Waals surface area contributed by atoms with E-state index in [-0.39, 0.29) is 28.2 Å². The second-order valence-corrected chi connectivity index (χ2v) is 5.94. The van der Waals surface area contributed by atoms with Crippen molar-refractivity contribution in [3.05, 3.63) is 33.4 Å². The molecule has 0 bridgehead atoms. The third kappa shape index (κ3) is 6.50. The Kier molecular flexibility index (Phi) is 9.80. The first-order valence-electron chi connectivity index (χ1n) is 8.31. The third-order valence-corrected chi connectivity index (χ3v) is 3.96. The summed E-state index contributed by atoms with van der Waals surface area (Å²) in [5.74, 6) is -6.96. The second kappa shape index (κ2) is 11.3. The van der Waals surface area contributed by atoms with E-state index in [1.807, 2.05) is 0 Å². The number of hydrogen-bond donors (Lipinski definition) is 6. The SMILES string of the molecule is CN=C(OC)c1c(C)c(C(=O)O)c(C(=O)O)c(C)c1C(=O)O.NC(CC(=O)O)C(=O)O. The minimum absolute atomic E-state index is 0.0321. The van der Waals surface area contributed by atoms with Crippen LogP contribution in [0.15, 0.2) is 4.99 Å². The Bertz CT molecular complexity index is 951. The number of methoxy groups -OCH3 is 1. The summed E-state index contributed by atoms with van der Waals surface area (Å²) in [5, 5.41) is 44.0. The number of carboxylic acids is 5. The average Bonchev–Trinajstić information content (AvgIpc) is 2.63. The van der Waals surface area contributed by atoms with Crippen LogP contribution in [-0.4, -0.2) is 81.5 Å². The highest BCUT2D eigenvalue weighted by molar-refractivity contribution is 6.13. The fourth-order valence-electron chi connectivity index (χ4n) is 2.65. The molecule has 170 valence electrons. The van der Waals surface area contributed by atoms with Crippen molar-refractivity contribution < 1.29 is 54.2 Å². The summed E-state index contributed by atoms with van der Waals surface area (Å²) in [4.78, 5) is 57.8. The highest BCUT2D eigenvalue weighted by atomic mass is 16.5. The van der Waals surface area contributed by atoms with Crippen LogP contribution in [0.2, 0.25) is 0 Å². The number of carboxylic acid groups (broad SMARTS) is 5. The van der Waals surface area contributed by atoms with Crippen LogP contribution in [0.3, 0.4) is 0 Å². The van der Waals surface area contributed by atoms with Gasteiger partial charge in [-0.2, -0.15) is 0 Å². The van der Waals surface area contributed by atoms with Crippen LogP contribution in [0.5, 0.6) is 0 Å². The number of nitrogens with two attached hydrogens (primary N) is 1. The van der Waals surface area contributed by atoms with Gasteiger partial charge in [0.25, 0.3) is 0 Å². The van der Waals surface area contributed by atoms with Gasteiger partial charge in [0.2, 0.25) is 5.90 Å². The highest BCUT2D eigenvalue weighted by Crippen LogP contribution is 2.29. The maximum atomic E-state index is 11.5. The number of aliphatic imine (C=N–C) groups is 1. The van der Waals surface area contributed by atoms with E-state index in [9.17, 15) is 39.3 Å². The monoisotopic (exact) mass is 442 g/mol. The van der Waals surface area contributed by atoms with Gasteiger partial charge >= 0.3 is 29.8 Å². The largest absolute Gasteiger partial charge is 0.481 e. The van der Waals surface area contributed by atoms with Crippen LogP contribution < -0.4 is 5.73 Å². The number of hydrogen-bond acceptors (Lipinski definition) is 8. The zero-order valence-electron chi connectivity index (χ0n) is 17.0. The van der Waals surface area contributed by atoms with Crippen molar-refractivity contribution in [3.63, 3.8) is 0 Å². The van der Waals surface area contributed by atoms with Crippen LogP contribution in [0, 0.1) is 13.8 Å². The van der Waals surface area contributed by atoms with E-state index < -0.39 is 53.4 Å². The number of nitrogens with zero attached hydrogens (tertiary/aromatic N) is 1. The molecule has 1 atom stereocenters. The summed E-state index contributed by atoms with van der Waals surface area (Å²) < 4.78 is 4.99. The lowest BCUT2D eigenvalue weighted by atomic mass is 9.87. The molecule has 1 aromatic rings. The van der Waals surface area contributed by atoms with Gasteiger partial charge in [0.1, 0.15) is 6.04 Å². The van der Waals surface area contributed by atoms with Gasteiger partial charge in [0, 0.05) is 7.05 Å². The molecule has 0 aromatic heterocycles. The molecule has 13 nitrogen and oxygen atoms in total. The molecule has 0 fully saturated rings. The number of benzene rings is 1. The Balaban J connectivity index is 0.000000842. The summed E-state index contributed by atoms with van der Waals surface area (Å²) in [6.45, 7) is 2.56. The van der Waals surface area contributed by atoms with E-state index in [1.165, 1.54) is 28.0 Å². The quantitative estimate of drug-likeness (QED) is 0.247. The summed E-state index contributed by atoms with van der Waals surface area (Å²) in [6.07, 6.45) is -0.532. The number of aromatic carboxylic acids is 3. The maximum Gasteiger partial charge on any atom is 0.336 e. The van der Waals surface area contributed by atoms with Gasteiger partial charge in [-0.1, -0.05) is 0 Å². The predicted octanol–water partition coefficient (Wildman–Crippen LogP) is 0.294. The molecule has 0 amide bonds. The summed E-state index contributed by atoms with van der Waals surface area (Å²) in [5.41, 5.74) is 3.20. The number of rotatable bonds is 7. The van der Waals surface area contributed by atoms with Gasteiger partial charge < -0.3 is 36.0 Å². The van der Waals surface area contributed by atoms with Gasteiger partial charge in [-0.05, 0) is 25.0 Å². The minimum atomic E-state index is -1.51. The molecule has 7 N–H and O–H groups in total. The Hall–Kier alpha value is -4.00. The van der Waals surface area contributed by atoms with Crippen LogP contribution in [0.4, 0.5) is 0 Å². The molecule has 1 aromatic carbocycles. The van der Waals surface area contributed by atoms with Gasteiger partial charge in [0.05, 0.1) is 35.8 Å². The van der Waals surface area contributed by atoms with E-state index in [4.69, 9.17) is 20.7 Å². The second-order valence-electron chi connectivity index (χ2n) is 5.94. The van der Waals surface area contributed by atoms with Gasteiger partial charge in [-0.3, -0.25) is 14.6 Å². The van der Waals surface area contributed by atoms with Crippen molar-refractivity contribution in [2.75, 3.05) is 14.2 Å². The molecule has 0 radical (unpaired) electrons. The Labute approximate surface area is 175 Å². The lowest BCUT2D eigenvalue weighted by Gasteiger charge is -2.18. The van der Waals surface area contributed by atoms with E-state index in [0.717, 1.165) is 0 Å². The van der Waals surface area contributed by atoms with Crippen molar-refractivity contribution in [2.45, 2.75) is 26.3 Å². The third-order valence-electron chi connectivity index (χ3n) is 3.96. The van der Waals surface area contributed by atoms with Gasteiger partial charge in [-0.15, -0.1) is 0 Å². The molecule has 31 heavy (non-hydrogen) atoms. The highest BCUT2D eigenvalue weighted by Gasteiger charge is 2.31. The number of aliphatic carboxylic acids is 2. The van der Waals surface area contributed by atoms with E-state index in [1.54, 1.807) is 0 Å². The molecule has 0 spiro atoms. The van der Waals surface area contributed by atoms with E-state index >= 15 is 0 Å². The fraction of sp³-hybridized carbons (Fsp3) is 0.333. The standard InChI is InChI=1S/C14H15NO7.C4H7NO4/c1-5-7(11(15-3)22-4)8(12(16)17)6(2)10(14(20)21)9(5)13(18)19;5-2(4(8)9)1-3(6)7/h1-4H3,(H,16,17)(H,18,19)(H,20,21);2H,1,5H2,(H,6,7)(H,8,9). The summed E-state index contributed by atoms with van der Waals surface area (Å²) >= 11 is 0. The normalized spacial score (nSPS) is 11.6. The maximum absolute atomic E-state index is 11.5. The van der Waals surface area contributed by atoms with Crippen molar-refractivity contribution in [3.8, 4) is 0 Å². The smallest absolute Gasteiger partial charge is 0.336 e. The molecule has 0 aliphatic carbocycles. The van der Waals surface area contributed by atoms with E-state index in [0.29, 0.717) is 0 Å². The van der Waals surface area contributed by atoms with Gasteiger partial charge in [0.15, 0.2) is 0 Å². The number of carbonyl (C=O) groups is 5. The lowest BCUT2D eigenvalue weighted by Crippen LogP contribution is -2.32. The molecule has 0 aliphatic heterocycles. The van der Waals surface area contributed by atoms with Crippen molar-refractivity contribution in [1.29, 1.82) is 0 Å². The lowest BCUT2D eigenvalue weighted by molar-refractivity contribution is -0.144. The first kappa shape index (κ1) is 27.0. The minimum Gasteiger partial charge on any atom is -0.481 e. The zero-order valence-corrected chi connectivity index (χ0v) is 17.0.